The minimum Gasteiger partial charge on any atom is -0.396 e. The average molecular weight is 239 g/mol. The number of nitrogens with one attached hydrogen (secondary N) is 1. The fourth-order valence-electron chi connectivity index (χ4n) is 1.65. The first-order valence-corrected chi connectivity index (χ1v) is 5.92. The van der Waals surface area contributed by atoms with Crippen molar-refractivity contribution in [2.45, 2.75) is 39.2 Å². The normalized spacial score (nSPS) is 12.5. The maximum absolute atomic E-state index is 11.6. The monoisotopic (exact) mass is 239 g/mol. The molecule has 17 heavy (non-hydrogen) atoms. The Morgan fingerprint density at radius 2 is 2.35 bits per heavy atom. The summed E-state index contributed by atoms with van der Waals surface area (Å²) in [6.07, 6.45) is 3.57. The molecule has 0 saturated heterocycles. The number of aliphatic hydroxyl groups is 1. The number of hydrogen-bond acceptors (Lipinski definition) is 3. The molecule has 0 saturated carbocycles. The van der Waals surface area contributed by atoms with E-state index in [9.17, 15) is 4.79 Å². The minimum absolute atomic E-state index is 0.0224. The van der Waals surface area contributed by atoms with Crippen LogP contribution in [0, 0.1) is 6.92 Å². The second-order valence-electron chi connectivity index (χ2n) is 4.36. The van der Waals surface area contributed by atoms with Gasteiger partial charge in [0.2, 0.25) is 5.91 Å². The van der Waals surface area contributed by atoms with Crippen LogP contribution in [0.15, 0.2) is 6.20 Å². The van der Waals surface area contributed by atoms with E-state index in [1.54, 1.807) is 6.20 Å². The highest BCUT2D eigenvalue weighted by Crippen LogP contribution is 2.08. The van der Waals surface area contributed by atoms with Crippen molar-refractivity contribution in [3.63, 3.8) is 0 Å². The van der Waals surface area contributed by atoms with Crippen molar-refractivity contribution in [1.82, 2.24) is 15.1 Å². The lowest BCUT2D eigenvalue weighted by Gasteiger charge is -2.12. The second kappa shape index (κ2) is 6.39. The number of amides is 1. The van der Waals surface area contributed by atoms with Crippen LogP contribution in [-0.4, -0.2) is 33.4 Å². The van der Waals surface area contributed by atoms with Crippen molar-refractivity contribution in [3.8, 4) is 0 Å². The highest BCUT2D eigenvalue weighted by atomic mass is 16.3. The number of aryl methyl sites for hydroxylation is 2. The Bertz CT molecular complexity index is 374. The zero-order chi connectivity index (χ0) is 12.8. The van der Waals surface area contributed by atoms with Gasteiger partial charge in [0.25, 0.3) is 0 Å². The number of hydrogen-bond donors (Lipinski definition) is 2. The first-order valence-electron chi connectivity index (χ1n) is 5.92. The predicted molar refractivity (Wildman–Crippen MR) is 65.6 cm³/mol. The molecule has 1 rings (SSSR count). The smallest absolute Gasteiger partial charge is 0.220 e. The molecule has 0 fully saturated rings. The van der Waals surface area contributed by atoms with Gasteiger partial charge in [-0.05, 0) is 32.3 Å². The van der Waals surface area contributed by atoms with Gasteiger partial charge in [0.05, 0.1) is 6.20 Å². The summed E-state index contributed by atoms with van der Waals surface area (Å²) in [5.74, 6) is 0.0224. The van der Waals surface area contributed by atoms with Crippen LogP contribution >= 0.6 is 0 Å². The summed E-state index contributed by atoms with van der Waals surface area (Å²) >= 11 is 0. The van der Waals surface area contributed by atoms with Crippen LogP contribution in [0.5, 0.6) is 0 Å². The van der Waals surface area contributed by atoms with E-state index < -0.39 is 0 Å². The summed E-state index contributed by atoms with van der Waals surface area (Å²) < 4.78 is 1.81. The molecule has 1 amide bonds. The Labute approximate surface area is 102 Å². The van der Waals surface area contributed by atoms with E-state index in [-0.39, 0.29) is 18.6 Å². The molecule has 5 heteroatoms. The third kappa shape index (κ3) is 4.19. The zero-order valence-corrected chi connectivity index (χ0v) is 10.7. The molecule has 0 bridgehead atoms. The number of aromatic nitrogens is 2. The number of aliphatic hydroxyl groups excluding tert-OH is 1. The van der Waals surface area contributed by atoms with Crippen molar-refractivity contribution < 1.29 is 9.90 Å². The fraction of sp³-hybridized carbons (Fsp3) is 0.667. The molecule has 5 nitrogen and oxygen atoms in total. The molecule has 96 valence electrons. The van der Waals surface area contributed by atoms with Crippen molar-refractivity contribution in [1.29, 1.82) is 0 Å². The Morgan fingerprint density at radius 1 is 1.65 bits per heavy atom. The number of rotatable bonds is 6. The second-order valence-corrected chi connectivity index (χ2v) is 4.36. The van der Waals surface area contributed by atoms with Crippen molar-refractivity contribution in [3.05, 3.63) is 17.5 Å². The molecule has 2 N–H and O–H groups in total. The SMILES string of the molecule is Cc1c(CCC(=O)NC(C)CCO)cnn1C. The number of nitrogens with zero attached hydrogens (tertiary/aromatic N) is 2. The third-order valence-corrected chi connectivity index (χ3v) is 2.93. The minimum atomic E-state index is 0.0224. The molecule has 0 aliphatic heterocycles. The lowest BCUT2D eigenvalue weighted by molar-refractivity contribution is -0.121. The van der Waals surface area contributed by atoms with Crippen LogP contribution in [0.4, 0.5) is 0 Å². The third-order valence-electron chi connectivity index (χ3n) is 2.93. The van der Waals surface area contributed by atoms with E-state index in [0.717, 1.165) is 11.3 Å². The summed E-state index contributed by atoms with van der Waals surface area (Å²) in [6, 6.07) is 0.0301. The summed E-state index contributed by atoms with van der Waals surface area (Å²) in [7, 11) is 1.89. The maximum Gasteiger partial charge on any atom is 0.220 e. The Balaban J connectivity index is 2.36. The molecule has 1 atom stereocenters. The highest BCUT2D eigenvalue weighted by molar-refractivity contribution is 5.76. The van der Waals surface area contributed by atoms with Crippen LogP contribution in [-0.2, 0) is 18.3 Å². The van der Waals surface area contributed by atoms with Gasteiger partial charge in [-0.1, -0.05) is 0 Å². The number of carbonyl (C=O) groups excluding carboxylic acids is 1. The van der Waals surface area contributed by atoms with E-state index >= 15 is 0 Å². The van der Waals surface area contributed by atoms with Gasteiger partial charge in [0, 0.05) is 31.8 Å². The van der Waals surface area contributed by atoms with Crippen molar-refractivity contribution >= 4 is 5.91 Å². The maximum atomic E-state index is 11.6. The quantitative estimate of drug-likeness (QED) is 0.761. The van der Waals surface area contributed by atoms with Gasteiger partial charge in [-0.3, -0.25) is 9.48 Å². The van der Waals surface area contributed by atoms with E-state index in [4.69, 9.17) is 5.11 Å². The Morgan fingerprint density at radius 3 is 2.88 bits per heavy atom. The van der Waals surface area contributed by atoms with Crippen LogP contribution in [0.2, 0.25) is 0 Å². The van der Waals surface area contributed by atoms with Gasteiger partial charge in [0.1, 0.15) is 0 Å². The molecular formula is C12H21N3O2. The Kier molecular flexibility index (Phi) is 5.15. The standard InChI is InChI=1S/C12H21N3O2/c1-9(6-7-16)14-12(17)5-4-11-8-13-15(3)10(11)2/h8-9,16H,4-7H2,1-3H3,(H,14,17). The van der Waals surface area contributed by atoms with Gasteiger partial charge in [-0.15, -0.1) is 0 Å². The fourth-order valence-corrected chi connectivity index (χ4v) is 1.65. The molecule has 0 aliphatic carbocycles. The van der Waals surface area contributed by atoms with Gasteiger partial charge >= 0.3 is 0 Å². The largest absolute Gasteiger partial charge is 0.396 e. The molecule has 0 aliphatic rings. The summed E-state index contributed by atoms with van der Waals surface area (Å²) in [5, 5.41) is 15.7. The molecular weight excluding hydrogens is 218 g/mol. The molecule has 1 aromatic heterocycles. The topological polar surface area (TPSA) is 67.2 Å². The molecule has 1 heterocycles. The first kappa shape index (κ1) is 13.7. The highest BCUT2D eigenvalue weighted by Gasteiger charge is 2.09. The van der Waals surface area contributed by atoms with Crippen LogP contribution in [0.1, 0.15) is 31.0 Å². The molecule has 0 spiro atoms. The van der Waals surface area contributed by atoms with E-state index in [0.29, 0.717) is 19.3 Å². The van der Waals surface area contributed by atoms with Gasteiger partial charge < -0.3 is 10.4 Å². The summed E-state index contributed by atoms with van der Waals surface area (Å²) in [5.41, 5.74) is 2.21. The van der Waals surface area contributed by atoms with Crippen molar-refractivity contribution in [2.75, 3.05) is 6.61 Å². The zero-order valence-electron chi connectivity index (χ0n) is 10.7. The van der Waals surface area contributed by atoms with Crippen LogP contribution < -0.4 is 5.32 Å². The summed E-state index contributed by atoms with van der Waals surface area (Å²) in [6.45, 7) is 3.99. The molecule has 0 radical (unpaired) electrons. The lowest BCUT2D eigenvalue weighted by Crippen LogP contribution is -2.33. The average Bonchev–Trinajstić information content (AvgIpc) is 2.57. The van der Waals surface area contributed by atoms with E-state index in [1.165, 1.54) is 0 Å². The van der Waals surface area contributed by atoms with E-state index in [2.05, 4.69) is 10.4 Å². The van der Waals surface area contributed by atoms with E-state index in [1.807, 2.05) is 25.6 Å². The van der Waals surface area contributed by atoms with Gasteiger partial charge in [-0.2, -0.15) is 5.10 Å². The molecule has 0 aromatic carbocycles. The van der Waals surface area contributed by atoms with Crippen LogP contribution in [0.3, 0.4) is 0 Å². The summed E-state index contributed by atoms with van der Waals surface area (Å²) in [4.78, 5) is 11.6. The van der Waals surface area contributed by atoms with Gasteiger partial charge in [0.15, 0.2) is 0 Å². The van der Waals surface area contributed by atoms with Gasteiger partial charge in [-0.25, -0.2) is 0 Å². The predicted octanol–water partition coefficient (Wildman–Crippen LogP) is 0.548. The van der Waals surface area contributed by atoms with Crippen LogP contribution in [0.25, 0.3) is 0 Å². The Hall–Kier alpha value is -1.36. The van der Waals surface area contributed by atoms with Crippen molar-refractivity contribution in [2.24, 2.45) is 7.05 Å². The lowest BCUT2D eigenvalue weighted by atomic mass is 10.1. The first-order chi connectivity index (χ1) is 8.04. The molecule has 1 unspecified atom stereocenters. The number of carbonyl (C=O) groups is 1. The molecule has 1 aromatic rings.